The van der Waals surface area contributed by atoms with Crippen LogP contribution in [0, 0.1) is 0 Å². The van der Waals surface area contributed by atoms with Crippen LogP contribution in [0.1, 0.15) is 23.7 Å². The number of hydrogen-bond acceptors (Lipinski definition) is 4. The van der Waals surface area contributed by atoms with Crippen LogP contribution in [0.2, 0.25) is 0 Å². The third-order valence-corrected chi connectivity index (χ3v) is 2.87. The van der Waals surface area contributed by atoms with Gasteiger partial charge in [0.15, 0.2) is 12.4 Å². The number of carbonyl (C=O) groups excluding carboxylic acids is 2. The van der Waals surface area contributed by atoms with Crippen LogP contribution in [0.5, 0.6) is 5.75 Å². The first kappa shape index (κ1) is 16.2. The molecule has 0 aliphatic heterocycles. The fourth-order valence-corrected chi connectivity index (χ4v) is 1.63. The second-order valence-corrected chi connectivity index (χ2v) is 4.53. The van der Waals surface area contributed by atoms with Gasteiger partial charge in [0.2, 0.25) is 0 Å². The van der Waals surface area contributed by atoms with Crippen LogP contribution in [-0.2, 0) is 9.53 Å². The molecule has 0 fully saturated rings. The van der Waals surface area contributed by atoms with Gasteiger partial charge in [-0.1, -0.05) is 12.1 Å². The van der Waals surface area contributed by atoms with Gasteiger partial charge in [-0.3, -0.25) is 9.59 Å². The summed E-state index contributed by atoms with van der Waals surface area (Å²) >= 11 is 0. The highest BCUT2D eigenvalue weighted by molar-refractivity contribution is 5.94. The van der Waals surface area contributed by atoms with Gasteiger partial charge in [-0.25, -0.2) is 0 Å². The van der Waals surface area contributed by atoms with E-state index in [9.17, 15) is 9.59 Å². The van der Waals surface area contributed by atoms with Gasteiger partial charge in [0.05, 0.1) is 0 Å². The Morgan fingerprint density at radius 3 is 2.70 bits per heavy atom. The number of ketones is 1. The molecule has 5 nitrogen and oxygen atoms in total. The topological polar surface area (TPSA) is 55.8 Å². The summed E-state index contributed by atoms with van der Waals surface area (Å²) in [5, 5.41) is 0. The zero-order valence-corrected chi connectivity index (χ0v) is 12.2. The minimum absolute atomic E-state index is 0.0292. The van der Waals surface area contributed by atoms with E-state index in [0.717, 1.165) is 6.42 Å². The summed E-state index contributed by atoms with van der Waals surface area (Å²) in [6.07, 6.45) is 0.790. The number of amides is 1. The zero-order valence-electron chi connectivity index (χ0n) is 12.2. The molecule has 1 amide bonds. The Balaban J connectivity index is 2.44. The number of methoxy groups -OCH3 is 1. The summed E-state index contributed by atoms with van der Waals surface area (Å²) < 4.78 is 10.3. The van der Waals surface area contributed by atoms with Crippen molar-refractivity contribution in [1.29, 1.82) is 0 Å². The summed E-state index contributed by atoms with van der Waals surface area (Å²) in [6, 6.07) is 6.82. The van der Waals surface area contributed by atoms with Crippen molar-refractivity contribution in [3.8, 4) is 5.75 Å². The van der Waals surface area contributed by atoms with E-state index in [1.165, 1.54) is 6.92 Å². The Bertz CT molecular complexity index is 459. The van der Waals surface area contributed by atoms with Crippen molar-refractivity contribution < 1.29 is 19.1 Å². The fourth-order valence-electron chi connectivity index (χ4n) is 1.63. The van der Waals surface area contributed by atoms with Crippen LogP contribution < -0.4 is 4.74 Å². The van der Waals surface area contributed by atoms with E-state index >= 15 is 0 Å². The molecule has 0 atom stereocenters. The number of carbonyl (C=O) groups is 2. The summed E-state index contributed by atoms with van der Waals surface area (Å²) in [7, 11) is 3.36. The standard InChI is InChI=1S/C15H21NO4/c1-12(17)13-6-4-7-14(10-13)20-11-15(18)16(2)8-5-9-19-3/h4,6-7,10H,5,8-9,11H2,1-3H3. The highest BCUT2D eigenvalue weighted by Crippen LogP contribution is 2.13. The molecule has 0 radical (unpaired) electrons. The van der Waals surface area contributed by atoms with Crippen LogP contribution in [0.4, 0.5) is 0 Å². The average Bonchev–Trinajstić information content (AvgIpc) is 2.45. The molecular formula is C15H21NO4. The molecule has 0 spiro atoms. The molecule has 0 aliphatic rings. The molecule has 1 aromatic carbocycles. The van der Waals surface area contributed by atoms with Gasteiger partial charge in [0, 0.05) is 32.9 Å². The van der Waals surface area contributed by atoms with Gasteiger partial charge in [0.25, 0.3) is 5.91 Å². The number of benzene rings is 1. The summed E-state index contributed by atoms with van der Waals surface area (Å²) in [5.41, 5.74) is 0.573. The van der Waals surface area contributed by atoms with Gasteiger partial charge < -0.3 is 14.4 Å². The normalized spacial score (nSPS) is 10.2. The molecule has 0 N–H and O–H groups in total. The van der Waals surface area contributed by atoms with E-state index in [0.29, 0.717) is 24.5 Å². The maximum atomic E-state index is 11.8. The Hall–Kier alpha value is -1.88. The number of nitrogens with zero attached hydrogens (tertiary/aromatic N) is 1. The maximum Gasteiger partial charge on any atom is 0.260 e. The van der Waals surface area contributed by atoms with Crippen molar-refractivity contribution in [3.05, 3.63) is 29.8 Å². The van der Waals surface area contributed by atoms with Gasteiger partial charge in [-0.15, -0.1) is 0 Å². The SMILES string of the molecule is COCCCN(C)C(=O)COc1cccc(C(C)=O)c1. The van der Waals surface area contributed by atoms with Crippen LogP contribution in [-0.4, -0.2) is 50.5 Å². The lowest BCUT2D eigenvalue weighted by molar-refractivity contribution is -0.132. The fraction of sp³-hybridized carbons (Fsp3) is 0.467. The summed E-state index contributed by atoms with van der Waals surface area (Å²) in [5.74, 6) is 0.393. The first-order valence-corrected chi connectivity index (χ1v) is 6.51. The van der Waals surface area contributed by atoms with E-state index in [2.05, 4.69) is 0 Å². The monoisotopic (exact) mass is 279 g/mol. The molecule has 5 heteroatoms. The second-order valence-electron chi connectivity index (χ2n) is 4.53. The van der Waals surface area contributed by atoms with Crippen LogP contribution in [0.3, 0.4) is 0 Å². The molecule has 0 unspecified atom stereocenters. The third-order valence-electron chi connectivity index (χ3n) is 2.87. The maximum absolute atomic E-state index is 11.8. The second kappa shape index (κ2) is 8.32. The number of hydrogen-bond donors (Lipinski definition) is 0. The number of ether oxygens (including phenoxy) is 2. The first-order chi connectivity index (χ1) is 9.54. The van der Waals surface area contributed by atoms with E-state index in [1.807, 2.05) is 0 Å². The molecule has 0 aromatic heterocycles. The molecule has 0 heterocycles. The van der Waals surface area contributed by atoms with Crippen LogP contribution in [0.25, 0.3) is 0 Å². The zero-order chi connectivity index (χ0) is 15.0. The lowest BCUT2D eigenvalue weighted by Crippen LogP contribution is -2.32. The van der Waals surface area contributed by atoms with Gasteiger partial charge in [-0.05, 0) is 25.5 Å². The van der Waals surface area contributed by atoms with E-state index in [-0.39, 0.29) is 18.3 Å². The van der Waals surface area contributed by atoms with E-state index in [1.54, 1.807) is 43.3 Å². The van der Waals surface area contributed by atoms with Crippen molar-refractivity contribution in [3.63, 3.8) is 0 Å². The van der Waals surface area contributed by atoms with E-state index in [4.69, 9.17) is 9.47 Å². The quantitative estimate of drug-likeness (QED) is 0.537. The predicted molar refractivity (Wildman–Crippen MR) is 76.1 cm³/mol. The van der Waals surface area contributed by atoms with Crippen molar-refractivity contribution in [2.75, 3.05) is 33.9 Å². The first-order valence-electron chi connectivity index (χ1n) is 6.51. The number of Topliss-reactive ketones (excluding diaryl/α,β-unsaturated/α-hetero) is 1. The highest BCUT2D eigenvalue weighted by atomic mass is 16.5. The molecule has 0 saturated heterocycles. The minimum Gasteiger partial charge on any atom is -0.484 e. The number of likely N-dealkylation sites (N-methyl/N-ethyl adjacent to an activating group) is 1. The Morgan fingerprint density at radius 1 is 1.30 bits per heavy atom. The molecule has 110 valence electrons. The lowest BCUT2D eigenvalue weighted by Gasteiger charge is -2.17. The molecule has 0 bridgehead atoms. The smallest absolute Gasteiger partial charge is 0.260 e. The Kier molecular flexibility index (Phi) is 6.73. The van der Waals surface area contributed by atoms with Gasteiger partial charge in [-0.2, -0.15) is 0 Å². The molecule has 0 saturated carbocycles. The molecule has 20 heavy (non-hydrogen) atoms. The molecule has 0 aliphatic carbocycles. The Labute approximate surface area is 119 Å². The van der Waals surface area contributed by atoms with Crippen molar-refractivity contribution >= 4 is 11.7 Å². The highest BCUT2D eigenvalue weighted by Gasteiger charge is 2.09. The van der Waals surface area contributed by atoms with Gasteiger partial charge in [0.1, 0.15) is 5.75 Å². The van der Waals surface area contributed by atoms with Crippen LogP contribution >= 0.6 is 0 Å². The molecule has 1 rings (SSSR count). The number of rotatable bonds is 8. The van der Waals surface area contributed by atoms with E-state index < -0.39 is 0 Å². The summed E-state index contributed by atoms with van der Waals surface area (Å²) in [6.45, 7) is 2.71. The van der Waals surface area contributed by atoms with Crippen molar-refractivity contribution in [2.24, 2.45) is 0 Å². The molecule has 1 aromatic rings. The minimum atomic E-state index is -0.102. The van der Waals surface area contributed by atoms with Crippen molar-refractivity contribution in [1.82, 2.24) is 4.90 Å². The summed E-state index contributed by atoms with van der Waals surface area (Å²) in [4.78, 5) is 24.7. The average molecular weight is 279 g/mol. The van der Waals surface area contributed by atoms with Crippen molar-refractivity contribution in [2.45, 2.75) is 13.3 Å². The van der Waals surface area contributed by atoms with Gasteiger partial charge >= 0.3 is 0 Å². The molecular weight excluding hydrogens is 258 g/mol. The lowest BCUT2D eigenvalue weighted by atomic mass is 10.1. The van der Waals surface area contributed by atoms with Crippen LogP contribution in [0.15, 0.2) is 24.3 Å². The largest absolute Gasteiger partial charge is 0.484 e. The predicted octanol–water partition coefficient (Wildman–Crippen LogP) is 1.76. The third kappa shape index (κ3) is 5.40. The Morgan fingerprint density at radius 2 is 2.05 bits per heavy atom.